The fourth-order valence-corrected chi connectivity index (χ4v) is 2.25. The summed E-state index contributed by atoms with van der Waals surface area (Å²) in [5.41, 5.74) is 0.465. The van der Waals surface area contributed by atoms with Crippen molar-refractivity contribution in [3.8, 4) is 0 Å². The zero-order chi connectivity index (χ0) is 13.8. The predicted molar refractivity (Wildman–Crippen MR) is 70.0 cm³/mol. The topological polar surface area (TPSA) is 91.3 Å². The van der Waals surface area contributed by atoms with Gasteiger partial charge in [0.05, 0.1) is 23.5 Å². The normalized spacial score (nSPS) is 22.8. The van der Waals surface area contributed by atoms with Crippen LogP contribution in [0.2, 0.25) is 0 Å². The van der Waals surface area contributed by atoms with E-state index in [0.717, 1.165) is 19.4 Å². The van der Waals surface area contributed by atoms with Crippen LogP contribution in [-0.2, 0) is 4.79 Å². The number of hydrogen-bond donors (Lipinski definition) is 3. The summed E-state index contributed by atoms with van der Waals surface area (Å²) in [7, 11) is 0. The van der Waals surface area contributed by atoms with Gasteiger partial charge in [0.15, 0.2) is 0 Å². The number of nitrogens with one attached hydrogen (secondary N) is 2. The number of carboxylic acid groups (broad SMARTS) is 1. The minimum absolute atomic E-state index is 0.0578. The van der Waals surface area contributed by atoms with Crippen LogP contribution in [0.4, 0.5) is 5.69 Å². The zero-order valence-corrected chi connectivity index (χ0v) is 10.7. The molecule has 1 aromatic heterocycles. The number of hydrogen-bond acceptors (Lipinski definition) is 4. The molecule has 102 valence electrons. The first-order chi connectivity index (χ1) is 9.08. The molecule has 6 nitrogen and oxygen atoms in total. The molecule has 0 bridgehead atoms. The highest BCUT2D eigenvalue weighted by Gasteiger charge is 2.27. The van der Waals surface area contributed by atoms with E-state index < -0.39 is 5.97 Å². The van der Waals surface area contributed by atoms with Crippen molar-refractivity contribution in [3.05, 3.63) is 24.0 Å². The number of nitrogens with zero attached hydrogens (tertiary/aromatic N) is 1. The molecule has 1 aliphatic rings. The number of piperidine rings is 1. The SMILES string of the molecule is CC1CCCNC1C(=O)Nc1cncc(C(=O)O)c1. The van der Waals surface area contributed by atoms with E-state index in [2.05, 4.69) is 15.6 Å². The van der Waals surface area contributed by atoms with Gasteiger partial charge in [0.2, 0.25) is 5.91 Å². The summed E-state index contributed by atoms with van der Waals surface area (Å²) in [5.74, 6) is -0.936. The summed E-state index contributed by atoms with van der Waals surface area (Å²) < 4.78 is 0. The largest absolute Gasteiger partial charge is 0.478 e. The lowest BCUT2D eigenvalue weighted by molar-refractivity contribution is -0.119. The van der Waals surface area contributed by atoms with Gasteiger partial charge in [-0.1, -0.05) is 6.92 Å². The summed E-state index contributed by atoms with van der Waals surface area (Å²) in [4.78, 5) is 26.7. The molecule has 19 heavy (non-hydrogen) atoms. The van der Waals surface area contributed by atoms with Crippen molar-refractivity contribution in [2.45, 2.75) is 25.8 Å². The van der Waals surface area contributed by atoms with Crippen LogP contribution in [-0.4, -0.2) is 34.6 Å². The van der Waals surface area contributed by atoms with Crippen molar-refractivity contribution in [2.75, 3.05) is 11.9 Å². The molecule has 0 spiro atoms. The van der Waals surface area contributed by atoms with E-state index in [4.69, 9.17) is 5.11 Å². The molecule has 6 heteroatoms. The van der Waals surface area contributed by atoms with Gasteiger partial charge in [-0.15, -0.1) is 0 Å². The Bertz CT molecular complexity index is 490. The van der Waals surface area contributed by atoms with Gasteiger partial charge in [-0.2, -0.15) is 0 Å². The van der Waals surface area contributed by atoms with Crippen molar-refractivity contribution in [1.29, 1.82) is 0 Å². The smallest absolute Gasteiger partial charge is 0.337 e. The quantitative estimate of drug-likeness (QED) is 0.759. The van der Waals surface area contributed by atoms with Crippen molar-refractivity contribution in [3.63, 3.8) is 0 Å². The molecule has 1 fully saturated rings. The van der Waals surface area contributed by atoms with Crippen LogP contribution in [0.15, 0.2) is 18.5 Å². The Hall–Kier alpha value is -1.95. The van der Waals surface area contributed by atoms with Gasteiger partial charge in [-0.05, 0) is 31.4 Å². The van der Waals surface area contributed by atoms with E-state index in [1.54, 1.807) is 0 Å². The van der Waals surface area contributed by atoms with E-state index in [9.17, 15) is 9.59 Å². The highest BCUT2D eigenvalue weighted by atomic mass is 16.4. The van der Waals surface area contributed by atoms with Gasteiger partial charge in [0, 0.05) is 6.20 Å². The maximum absolute atomic E-state index is 12.1. The van der Waals surface area contributed by atoms with E-state index in [1.807, 2.05) is 6.92 Å². The first-order valence-electron chi connectivity index (χ1n) is 6.30. The van der Waals surface area contributed by atoms with Gasteiger partial charge >= 0.3 is 5.97 Å². The standard InChI is InChI=1S/C13H17N3O3/c1-8-3-2-4-15-11(8)12(17)16-10-5-9(13(18)19)6-14-7-10/h5-8,11,15H,2-4H2,1H3,(H,16,17)(H,18,19). The number of pyridine rings is 1. The summed E-state index contributed by atoms with van der Waals surface area (Å²) in [6.07, 6.45) is 4.77. The van der Waals surface area contributed by atoms with E-state index in [-0.39, 0.29) is 23.4 Å². The Balaban J connectivity index is 2.06. The van der Waals surface area contributed by atoms with E-state index in [0.29, 0.717) is 5.69 Å². The molecular weight excluding hydrogens is 246 g/mol. The number of carbonyl (C=O) groups excluding carboxylic acids is 1. The molecular formula is C13H17N3O3. The highest BCUT2D eigenvalue weighted by Crippen LogP contribution is 2.17. The minimum Gasteiger partial charge on any atom is -0.478 e. The Morgan fingerprint density at radius 1 is 1.47 bits per heavy atom. The molecule has 1 aromatic rings. The maximum atomic E-state index is 12.1. The molecule has 1 saturated heterocycles. The fourth-order valence-electron chi connectivity index (χ4n) is 2.25. The first kappa shape index (κ1) is 13.5. The summed E-state index contributed by atoms with van der Waals surface area (Å²) in [5, 5.41) is 14.8. The number of carboxylic acids is 1. The van der Waals surface area contributed by atoms with Gasteiger partial charge in [0.25, 0.3) is 0 Å². The Labute approximate surface area is 111 Å². The van der Waals surface area contributed by atoms with E-state index in [1.165, 1.54) is 18.5 Å². The third-order valence-electron chi connectivity index (χ3n) is 3.30. The average molecular weight is 263 g/mol. The van der Waals surface area contributed by atoms with Gasteiger partial charge in [-0.3, -0.25) is 9.78 Å². The minimum atomic E-state index is -1.06. The molecule has 2 unspecified atom stereocenters. The number of carbonyl (C=O) groups is 2. The van der Waals surface area contributed by atoms with Crippen LogP contribution in [0.1, 0.15) is 30.1 Å². The second-order valence-corrected chi connectivity index (χ2v) is 4.81. The van der Waals surface area contributed by atoms with Crippen molar-refractivity contribution >= 4 is 17.6 Å². The van der Waals surface area contributed by atoms with Crippen LogP contribution in [0.25, 0.3) is 0 Å². The number of amides is 1. The molecule has 0 aromatic carbocycles. The summed E-state index contributed by atoms with van der Waals surface area (Å²) in [6.45, 7) is 2.86. The Morgan fingerprint density at radius 3 is 2.95 bits per heavy atom. The third kappa shape index (κ3) is 3.29. The number of aromatic nitrogens is 1. The van der Waals surface area contributed by atoms with Gasteiger partial charge in [-0.25, -0.2) is 4.79 Å². The fraction of sp³-hybridized carbons (Fsp3) is 0.462. The van der Waals surface area contributed by atoms with Gasteiger partial charge < -0.3 is 15.7 Å². The molecule has 1 aliphatic heterocycles. The average Bonchev–Trinajstić information content (AvgIpc) is 2.39. The third-order valence-corrected chi connectivity index (χ3v) is 3.30. The Morgan fingerprint density at radius 2 is 2.26 bits per heavy atom. The van der Waals surface area contributed by atoms with Crippen LogP contribution >= 0.6 is 0 Å². The molecule has 3 N–H and O–H groups in total. The molecule has 2 rings (SSSR count). The highest BCUT2D eigenvalue weighted by molar-refractivity contribution is 5.96. The maximum Gasteiger partial charge on any atom is 0.337 e. The van der Waals surface area contributed by atoms with Crippen molar-refractivity contribution in [2.24, 2.45) is 5.92 Å². The summed E-state index contributed by atoms with van der Waals surface area (Å²) >= 11 is 0. The lowest BCUT2D eigenvalue weighted by atomic mass is 9.92. The Kier molecular flexibility index (Phi) is 4.11. The lowest BCUT2D eigenvalue weighted by Crippen LogP contribution is -2.48. The molecule has 0 aliphatic carbocycles. The first-order valence-corrected chi connectivity index (χ1v) is 6.30. The second-order valence-electron chi connectivity index (χ2n) is 4.81. The lowest BCUT2D eigenvalue weighted by Gasteiger charge is -2.28. The van der Waals surface area contributed by atoms with Crippen LogP contribution in [0.3, 0.4) is 0 Å². The number of aromatic carboxylic acids is 1. The molecule has 2 heterocycles. The van der Waals surface area contributed by atoms with Gasteiger partial charge in [0.1, 0.15) is 0 Å². The van der Waals surface area contributed by atoms with Crippen LogP contribution in [0.5, 0.6) is 0 Å². The van der Waals surface area contributed by atoms with Crippen molar-refractivity contribution < 1.29 is 14.7 Å². The predicted octanol–water partition coefficient (Wildman–Crippen LogP) is 1.11. The van der Waals surface area contributed by atoms with Crippen molar-refractivity contribution in [1.82, 2.24) is 10.3 Å². The molecule has 1 amide bonds. The number of rotatable bonds is 3. The number of anilines is 1. The van der Waals surface area contributed by atoms with Crippen LogP contribution in [0, 0.1) is 5.92 Å². The monoisotopic (exact) mass is 263 g/mol. The van der Waals surface area contributed by atoms with E-state index >= 15 is 0 Å². The summed E-state index contributed by atoms with van der Waals surface area (Å²) in [6, 6.07) is 1.17. The zero-order valence-electron chi connectivity index (χ0n) is 10.7. The molecule has 0 radical (unpaired) electrons. The molecule has 0 saturated carbocycles. The molecule has 2 atom stereocenters. The van der Waals surface area contributed by atoms with Crippen LogP contribution < -0.4 is 10.6 Å². The second kappa shape index (κ2) is 5.79.